The van der Waals surface area contributed by atoms with Gasteiger partial charge in [0, 0.05) is 19.2 Å². The Balaban J connectivity index is 1.36. The summed E-state index contributed by atoms with van der Waals surface area (Å²) in [6.07, 6.45) is 0. The van der Waals surface area contributed by atoms with E-state index in [1.165, 1.54) is 17.3 Å². The van der Waals surface area contributed by atoms with Gasteiger partial charge >= 0.3 is 0 Å². The highest BCUT2D eigenvalue weighted by Crippen LogP contribution is 2.23. The number of rotatable bonds is 7. The zero-order valence-electron chi connectivity index (χ0n) is 16.6. The third-order valence-electron chi connectivity index (χ3n) is 4.43. The molecule has 152 valence electrons. The van der Waals surface area contributed by atoms with Crippen LogP contribution in [0.2, 0.25) is 0 Å². The summed E-state index contributed by atoms with van der Waals surface area (Å²) < 4.78 is 7.08. The van der Waals surface area contributed by atoms with Crippen LogP contribution in [-0.2, 0) is 18.4 Å². The van der Waals surface area contributed by atoms with E-state index in [-0.39, 0.29) is 17.6 Å². The summed E-state index contributed by atoms with van der Waals surface area (Å²) in [5.74, 6) is 1.37. The minimum Gasteiger partial charge on any atom is -0.351 e. The number of aryl methyl sites for hydroxylation is 1. The van der Waals surface area contributed by atoms with Crippen LogP contribution in [0.3, 0.4) is 0 Å². The molecule has 2 heterocycles. The molecule has 9 heteroatoms. The van der Waals surface area contributed by atoms with E-state index in [4.69, 9.17) is 4.52 Å². The first-order chi connectivity index (χ1) is 14.6. The Labute approximate surface area is 177 Å². The molecule has 0 saturated heterocycles. The molecule has 0 aliphatic carbocycles. The number of nitrogens with zero attached hydrogens (tertiary/aromatic N) is 5. The standard InChI is InChI=1S/C21H20N6O2S/c1-14-8-10-15(11-9-14)12-22-17(28)13-30-21-25-24-19(27(21)2)20-23-18(26-29-20)16-6-4-3-5-7-16/h3-11H,12-13H2,1-2H3,(H,22,28). The van der Waals surface area contributed by atoms with Crippen LogP contribution in [0.15, 0.2) is 64.3 Å². The number of thioether (sulfide) groups is 1. The van der Waals surface area contributed by atoms with Crippen molar-refractivity contribution in [1.29, 1.82) is 0 Å². The number of hydrogen-bond donors (Lipinski definition) is 1. The lowest BCUT2D eigenvalue weighted by atomic mass is 10.1. The summed E-state index contributed by atoms with van der Waals surface area (Å²) in [6.45, 7) is 2.53. The molecule has 0 unspecified atom stereocenters. The Kier molecular flexibility index (Phi) is 5.89. The zero-order valence-corrected chi connectivity index (χ0v) is 17.4. The highest BCUT2D eigenvalue weighted by Gasteiger charge is 2.18. The van der Waals surface area contributed by atoms with Crippen LogP contribution in [0.25, 0.3) is 23.1 Å². The summed E-state index contributed by atoms with van der Waals surface area (Å²) >= 11 is 1.30. The molecule has 2 aromatic carbocycles. The van der Waals surface area contributed by atoms with E-state index in [9.17, 15) is 4.79 Å². The van der Waals surface area contributed by atoms with Crippen molar-refractivity contribution in [2.24, 2.45) is 7.05 Å². The van der Waals surface area contributed by atoms with Crippen molar-refractivity contribution in [3.8, 4) is 23.1 Å². The predicted molar refractivity (Wildman–Crippen MR) is 113 cm³/mol. The Morgan fingerprint density at radius 2 is 1.87 bits per heavy atom. The van der Waals surface area contributed by atoms with Gasteiger partial charge in [-0.25, -0.2) is 0 Å². The number of amides is 1. The second kappa shape index (κ2) is 8.91. The maximum atomic E-state index is 12.2. The summed E-state index contributed by atoms with van der Waals surface area (Å²) in [4.78, 5) is 16.6. The first-order valence-electron chi connectivity index (χ1n) is 9.34. The maximum absolute atomic E-state index is 12.2. The molecule has 0 spiro atoms. The van der Waals surface area contributed by atoms with Crippen molar-refractivity contribution >= 4 is 17.7 Å². The van der Waals surface area contributed by atoms with Crippen LogP contribution in [0.4, 0.5) is 0 Å². The van der Waals surface area contributed by atoms with E-state index in [1.807, 2.05) is 61.5 Å². The van der Waals surface area contributed by atoms with Crippen LogP contribution in [-0.4, -0.2) is 36.6 Å². The normalized spacial score (nSPS) is 10.9. The van der Waals surface area contributed by atoms with E-state index in [2.05, 4.69) is 25.7 Å². The highest BCUT2D eigenvalue weighted by atomic mass is 32.2. The van der Waals surface area contributed by atoms with E-state index < -0.39 is 0 Å². The van der Waals surface area contributed by atoms with Gasteiger partial charge in [-0.05, 0) is 12.5 Å². The summed E-state index contributed by atoms with van der Waals surface area (Å²) in [5, 5.41) is 15.8. The van der Waals surface area contributed by atoms with Crippen molar-refractivity contribution in [1.82, 2.24) is 30.2 Å². The van der Waals surface area contributed by atoms with Crippen LogP contribution in [0.1, 0.15) is 11.1 Å². The monoisotopic (exact) mass is 420 g/mol. The molecule has 4 aromatic rings. The van der Waals surface area contributed by atoms with Crippen LogP contribution < -0.4 is 5.32 Å². The Morgan fingerprint density at radius 3 is 2.63 bits per heavy atom. The molecule has 0 aliphatic rings. The van der Waals surface area contributed by atoms with Gasteiger partial charge in [0.05, 0.1) is 5.75 Å². The molecule has 0 atom stereocenters. The summed E-state index contributed by atoms with van der Waals surface area (Å²) in [7, 11) is 1.80. The highest BCUT2D eigenvalue weighted by molar-refractivity contribution is 7.99. The second-order valence-electron chi connectivity index (χ2n) is 6.71. The first-order valence-corrected chi connectivity index (χ1v) is 10.3. The maximum Gasteiger partial charge on any atom is 0.296 e. The third-order valence-corrected chi connectivity index (χ3v) is 5.45. The fraction of sp³-hybridized carbons (Fsp3) is 0.190. The van der Waals surface area contributed by atoms with Gasteiger partial charge in [-0.2, -0.15) is 4.98 Å². The molecule has 8 nitrogen and oxygen atoms in total. The Hall–Kier alpha value is -3.46. The molecular weight excluding hydrogens is 400 g/mol. The second-order valence-corrected chi connectivity index (χ2v) is 7.65. The zero-order chi connectivity index (χ0) is 20.9. The summed E-state index contributed by atoms with van der Waals surface area (Å²) in [5.41, 5.74) is 3.11. The van der Waals surface area contributed by atoms with Crippen molar-refractivity contribution in [2.75, 3.05) is 5.75 Å². The van der Waals surface area contributed by atoms with E-state index in [1.54, 1.807) is 11.6 Å². The number of aromatic nitrogens is 5. The molecule has 0 aliphatic heterocycles. The average Bonchev–Trinajstić information content (AvgIpc) is 3.39. The Morgan fingerprint density at radius 1 is 1.10 bits per heavy atom. The predicted octanol–water partition coefficient (Wildman–Crippen LogP) is 3.25. The fourth-order valence-corrected chi connectivity index (χ4v) is 3.47. The van der Waals surface area contributed by atoms with E-state index in [0.717, 1.165) is 11.1 Å². The molecule has 0 bridgehead atoms. The lowest BCUT2D eigenvalue weighted by molar-refractivity contribution is -0.118. The van der Waals surface area contributed by atoms with Crippen LogP contribution in [0, 0.1) is 6.92 Å². The molecule has 2 aromatic heterocycles. The molecule has 0 radical (unpaired) electrons. The van der Waals surface area contributed by atoms with Crippen molar-refractivity contribution in [2.45, 2.75) is 18.6 Å². The van der Waals surface area contributed by atoms with E-state index >= 15 is 0 Å². The lowest BCUT2D eigenvalue weighted by Gasteiger charge is -2.05. The molecule has 1 amide bonds. The molecule has 0 saturated carbocycles. The molecule has 4 rings (SSSR count). The topological polar surface area (TPSA) is 98.7 Å². The number of carbonyl (C=O) groups excluding carboxylic acids is 1. The molecule has 0 fully saturated rings. The molecular formula is C21H20N6O2S. The van der Waals surface area contributed by atoms with E-state index in [0.29, 0.717) is 23.4 Å². The van der Waals surface area contributed by atoms with Gasteiger partial charge in [0.25, 0.3) is 5.89 Å². The van der Waals surface area contributed by atoms with Crippen molar-refractivity contribution in [3.63, 3.8) is 0 Å². The molecule has 30 heavy (non-hydrogen) atoms. The van der Waals surface area contributed by atoms with Gasteiger partial charge in [0.1, 0.15) is 0 Å². The lowest BCUT2D eigenvalue weighted by Crippen LogP contribution is -2.24. The SMILES string of the molecule is Cc1ccc(CNC(=O)CSc2nnc(-c3nc(-c4ccccc4)no3)n2C)cc1. The van der Waals surface area contributed by atoms with Gasteiger partial charge in [-0.3, -0.25) is 4.79 Å². The van der Waals surface area contributed by atoms with Gasteiger partial charge in [-0.1, -0.05) is 77.1 Å². The number of hydrogen-bond acceptors (Lipinski definition) is 7. The van der Waals surface area contributed by atoms with Crippen LogP contribution in [0.5, 0.6) is 0 Å². The first kappa shape index (κ1) is 19.8. The number of nitrogens with one attached hydrogen (secondary N) is 1. The Bertz CT molecular complexity index is 1140. The molecule has 1 N–H and O–H groups in total. The van der Waals surface area contributed by atoms with Crippen molar-refractivity contribution < 1.29 is 9.32 Å². The van der Waals surface area contributed by atoms with Gasteiger partial charge in [0.2, 0.25) is 17.6 Å². The largest absolute Gasteiger partial charge is 0.351 e. The average molecular weight is 420 g/mol. The van der Waals surface area contributed by atoms with Crippen LogP contribution >= 0.6 is 11.8 Å². The minimum absolute atomic E-state index is 0.0747. The van der Waals surface area contributed by atoms with Gasteiger partial charge < -0.3 is 14.4 Å². The third kappa shape index (κ3) is 4.57. The minimum atomic E-state index is -0.0747. The number of carbonyl (C=O) groups is 1. The van der Waals surface area contributed by atoms with Gasteiger partial charge in [0.15, 0.2) is 5.16 Å². The van der Waals surface area contributed by atoms with Crippen molar-refractivity contribution in [3.05, 3.63) is 65.7 Å². The smallest absolute Gasteiger partial charge is 0.296 e. The number of benzene rings is 2. The van der Waals surface area contributed by atoms with Gasteiger partial charge in [-0.15, -0.1) is 10.2 Å². The fourth-order valence-electron chi connectivity index (χ4n) is 2.73. The summed E-state index contributed by atoms with van der Waals surface area (Å²) in [6, 6.07) is 17.6. The quantitative estimate of drug-likeness (QED) is 0.458.